The first kappa shape index (κ1) is 19.0. The van der Waals surface area contributed by atoms with Crippen molar-refractivity contribution in [3.63, 3.8) is 0 Å². The molecule has 0 heterocycles. The van der Waals surface area contributed by atoms with Crippen LogP contribution in [0, 0.1) is 22.7 Å². The van der Waals surface area contributed by atoms with E-state index in [0.717, 1.165) is 19.3 Å². The van der Waals surface area contributed by atoms with Crippen LogP contribution in [0.1, 0.15) is 73.6 Å². The van der Waals surface area contributed by atoms with Gasteiger partial charge < -0.3 is 10.4 Å². The van der Waals surface area contributed by atoms with Gasteiger partial charge in [-0.25, -0.2) is 0 Å². The molecular weight excluding hydrogens is 278 g/mol. The summed E-state index contributed by atoms with van der Waals surface area (Å²) in [7, 11) is 0. The van der Waals surface area contributed by atoms with Gasteiger partial charge in [0, 0.05) is 6.04 Å². The molecule has 1 rings (SSSR count). The Labute approximate surface area is 135 Å². The molecule has 1 aliphatic carbocycles. The standard InChI is InChI=1S/C18H33NO3/c1-17(2,3)11-14(18(4,5)6)19-15(20)12-9-7-8-10-13(12)16(21)22/h12-14H,7-11H2,1-6H3,(H,19,20)(H,21,22). The van der Waals surface area contributed by atoms with Gasteiger partial charge >= 0.3 is 5.97 Å². The van der Waals surface area contributed by atoms with Crippen molar-refractivity contribution in [2.75, 3.05) is 0 Å². The van der Waals surface area contributed by atoms with E-state index in [2.05, 4.69) is 46.9 Å². The highest BCUT2D eigenvalue weighted by Crippen LogP contribution is 2.33. The Morgan fingerprint density at radius 2 is 1.55 bits per heavy atom. The lowest BCUT2D eigenvalue weighted by atomic mass is 9.75. The third-order valence-corrected chi connectivity index (χ3v) is 4.60. The largest absolute Gasteiger partial charge is 0.481 e. The molecule has 4 nitrogen and oxygen atoms in total. The zero-order chi connectivity index (χ0) is 17.1. The maximum absolute atomic E-state index is 12.7. The lowest BCUT2D eigenvalue weighted by Crippen LogP contribution is -2.50. The van der Waals surface area contributed by atoms with E-state index in [0.29, 0.717) is 12.8 Å². The Morgan fingerprint density at radius 1 is 1.05 bits per heavy atom. The fraction of sp³-hybridized carbons (Fsp3) is 0.889. The normalized spacial score (nSPS) is 24.6. The number of carboxylic acids is 1. The predicted molar refractivity (Wildman–Crippen MR) is 88.5 cm³/mol. The number of carboxylic acid groups (broad SMARTS) is 1. The molecule has 0 aromatic carbocycles. The van der Waals surface area contributed by atoms with Crippen molar-refractivity contribution < 1.29 is 14.7 Å². The van der Waals surface area contributed by atoms with Crippen molar-refractivity contribution in [2.45, 2.75) is 79.7 Å². The summed E-state index contributed by atoms with van der Waals surface area (Å²) >= 11 is 0. The van der Waals surface area contributed by atoms with Crippen LogP contribution >= 0.6 is 0 Å². The predicted octanol–water partition coefficient (Wildman–Crippen LogP) is 3.84. The van der Waals surface area contributed by atoms with Crippen LogP contribution in [0.25, 0.3) is 0 Å². The monoisotopic (exact) mass is 311 g/mol. The smallest absolute Gasteiger partial charge is 0.307 e. The fourth-order valence-corrected chi connectivity index (χ4v) is 3.21. The third kappa shape index (κ3) is 5.62. The lowest BCUT2D eigenvalue weighted by Gasteiger charge is -2.38. The maximum Gasteiger partial charge on any atom is 0.307 e. The lowest BCUT2D eigenvalue weighted by molar-refractivity contribution is -0.149. The average molecular weight is 311 g/mol. The van der Waals surface area contributed by atoms with Gasteiger partial charge in [0.15, 0.2) is 0 Å². The molecule has 0 aliphatic heterocycles. The number of amides is 1. The van der Waals surface area contributed by atoms with E-state index in [9.17, 15) is 14.7 Å². The minimum Gasteiger partial charge on any atom is -0.481 e. The number of carbonyl (C=O) groups is 2. The van der Waals surface area contributed by atoms with Gasteiger partial charge in [0.2, 0.25) is 5.91 Å². The minimum atomic E-state index is -0.831. The van der Waals surface area contributed by atoms with Crippen LogP contribution in [-0.4, -0.2) is 23.0 Å². The molecule has 0 aromatic rings. The second-order valence-electron chi connectivity index (χ2n) is 9.03. The summed E-state index contributed by atoms with van der Waals surface area (Å²) in [5.41, 5.74) is 0.0698. The molecule has 1 fully saturated rings. The maximum atomic E-state index is 12.7. The number of nitrogens with one attached hydrogen (secondary N) is 1. The number of hydrogen-bond donors (Lipinski definition) is 2. The van der Waals surface area contributed by atoms with Gasteiger partial charge in [-0.1, -0.05) is 54.4 Å². The van der Waals surface area contributed by atoms with E-state index >= 15 is 0 Å². The molecule has 3 unspecified atom stereocenters. The van der Waals surface area contributed by atoms with Crippen LogP contribution in [0.3, 0.4) is 0 Å². The summed E-state index contributed by atoms with van der Waals surface area (Å²) in [5, 5.41) is 12.5. The van der Waals surface area contributed by atoms with Gasteiger partial charge in [-0.15, -0.1) is 0 Å². The van der Waals surface area contributed by atoms with E-state index < -0.39 is 11.9 Å². The molecule has 0 spiro atoms. The van der Waals surface area contributed by atoms with Gasteiger partial charge in [0.25, 0.3) is 0 Å². The number of aliphatic carboxylic acids is 1. The number of carbonyl (C=O) groups excluding carboxylic acids is 1. The first-order chi connectivity index (χ1) is 9.92. The Balaban J connectivity index is 2.83. The highest BCUT2D eigenvalue weighted by Gasteiger charge is 2.38. The Morgan fingerprint density at radius 3 is 1.95 bits per heavy atom. The zero-order valence-electron chi connectivity index (χ0n) is 15.0. The van der Waals surface area contributed by atoms with Crippen LogP contribution in [-0.2, 0) is 9.59 Å². The van der Waals surface area contributed by atoms with Gasteiger partial charge in [0.05, 0.1) is 11.8 Å². The summed E-state index contributed by atoms with van der Waals surface area (Å²) in [6, 6.07) is 0.0522. The van der Waals surface area contributed by atoms with Crippen molar-refractivity contribution in [3.05, 3.63) is 0 Å². The van der Waals surface area contributed by atoms with E-state index in [1.54, 1.807) is 0 Å². The van der Waals surface area contributed by atoms with E-state index in [-0.39, 0.29) is 28.7 Å². The van der Waals surface area contributed by atoms with Crippen LogP contribution < -0.4 is 5.32 Å². The molecule has 0 radical (unpaired) electrons. The summed E-state index contributed by atoms with van der Waals surface area (Å²) in [6.45, 7) is 12.9. The molecule has 0 aromatic heterocycles. The van der Waals surface area contributed by atoms with Crippen LogP contribution in [0.4, 0.5) is 0 Å². The van der Waals surface area contributed by atoms with Gasteiger partial charge in [-0.2, -0.15) is 0 Å². The SMILES string of the molecule is CC(C)(C)CC(NC(=O)C1CCCCC1C(=O)O)C(C)(C)C. The summed E-state index contributed by atoms with van der Waals surface area (Å²) < 4.78 is 0. The summed E-state index contributed by atoms with van der Waals surface area (Å²) in [6.07, 6.45) is 4.04. The molecule has 3 atom stereocenters. The molecule has 128 valence electrons. The third-order valence-electron chi connectivity index (χ3n) is 4.60. The summed E-state index contributed by atoms with van der Waals surface area (Å²) in [4.78, 5) is 24.1. The van der Waals surface area contributed by atoms with E-state index in [4.69, 9.17) is 0 Å². The van der Waals surface area contributed by atoms with Gasteiger partial charge in [0.1, 0.15) is 0 Å². The fourth-order valence-electron chi connectivity index (χ4n) is 3.21. The molecule has 22 heavy (non-hydrogen) atoms. The second-order valence-corrected chi connectivity index (χ2v) is 9.03. The van der Waals surface area contributed by atoms with E-state index in [1.807, 2.05) is 0 Å². The second kappa shape index (κ2) is 7.01. The number of rotatable bonds is 4. The van der Waals surface area contributed by atoms with Crippen molar-refractivity contribution in [1.82, 2.24) is 5.32 Å². The van der Waals surface area contributed by atoms with Crippen molar-refractivity contribution in [3.8, 4) is 0 Å². The highest BCUT2D eigenvalue weighted by molar-refractivity contribution is 5.85. The first-order valence-electron chi connectivity index (χ1n) is 8.45. The molecule has 2 N–H and O–H groups in total. The topological polar surface area (TPSA) is 66.4 Å². The van der Waals surface area contributed by atoms with Gasteiger partial charge in [-0.05, 0) is 30.1 Å². The van der Waals surface area contributed by atoms with Crippen molar-refractivity contribution in [1.29, 1.82) is 0 Å². The first-order valence-corrected chi connectivity index (χ1v) is 8.45. The Kier molecular flexibility index (Phi) is 6.05. The quantitative estimate of drug-likeness (QED) is 0.829. The van der Waals surface area contributed by atoms with Crippen LogP contribution in [0.2, 0.25) is 0 Å². The molecule has 1 aliphatic rings. The summed E-state index contributed by atoms with van der Waals surface area (Å²) in [5.74, 6) is -1.81. The Bertz CT molecular complexity index is 404. The minimum absolute atomic E-state index is 0.0453. The zero-order valence-corrected chi connectivity index (χ0v) is 15.0. The molecule has 1 amide bonds. The Hall–Kier alpha value is -1.06. The van der Waals surface area contributed by atoms with Crippen molar-refractivity contribution >= 4 is 11.9 Å². The number of hydrogen-bond acceptors (Lipinski definition) is 2. The molecule has 0 bridgehead atoms. The molecule has 0 saturated heterocycles. The highest BCUT2D eigenvalue weighted by atomic mass is 16.4. The van der Waals surface area contributed by atoms with Crippen LogP contribution in [0.5, 0.6) is 0 Å². The molecular formula is C18H33NO3. The molecule has 4 heteroatoms. The van der Waals surface area contributed by atoms with Crippen LogP contribution in [0.15, 0.2) is 0 Å². The van der Waals surface area contributed by atoms with E-state index in [1.165, 1.54) is 0 Å². The molecule has 1 saturated carbocycles. The van der Waals surface area contributed by atoms with Crippen molar-refractivity contribution in [2.24, 2.45) is 22.7 Å². The van der Waals surface area contributed by atoms with Gasteiger partial charge in [-0.3, -0.25) is 9.59 Å². The average Bonchev–Trinajstić information content (AvgIpc) is 2.35.